The number of anilines is 1. The fourth-order valence-corrected chi connectivity index (χ4v) is 3.50. The van der Waals surface area contributed by atoms with E-state index in [1.54, 1.807) is 13.1 Å². The van der Waals surface area contributed by atoms with Gasteiger partial charge in [-0.05, 0) is 55.4 Å². The summed E-state index contributed by atoms with van der Waals surface area (Å²) in [4.78, 5) is 11.4. The lowest BCUT2D eigenvalue weighted by Gasteiger charge is -2.08. The van der Waals surface area contributed by atoms with Crippen molar-refractivity contribution in [3.05, 3.63) is 101 Å². The van der Waals surface area contributed by atoms with Crippen LogP contribution >= 0.6 is 0 Å². The molecule has 0 aliphatic heterocycles. The van der Waals surface area contributed by atoms with Gasteiger partial charge in [0.2, 0.25) is 0 Å². The molecule has 0 atom stereocenters. The predicted molar refractivity (Wildman–Crippen MR) is 121 cm³/mol. The number of aromatic nitrogens is 1. The third-order valence-electron chi connectivity index (χ3n) is 5.06. The number of nitrogens with two attached hydrogens (primary N) is 1. The molecule has 0 aliphatic carbocycles. The third-order valence-corrected chi connectivity index (χ3v) is 5.06. The molecule has 0 radical (unpaired) electrons. The number of aldehydes is 1. The van der Waals surface area contributed by atoms with Gasteiger partial charge in [0, 0.05) is 40.9 Å². The molecule has 3 aromatic carbocycles. The third kappa shape index (κ3) is 5.16. The van der Waals surface area contributed by atoms with E-state index in [4.69, 9.17) is 5.73 Å². The lowest BCUT2D eigenvalue weighted by Crippen LogP contribution is -2.05. The van der Waals surface area contributed by atoms with Crippen molar-refractivity contribution in [1.82, 2.24) is 9.88 Å². The number of halogens is 2. The molecule has 0 saturated carbocycles. The highest BCUT2D eigenvalue weighted by Gasteiger charge is 2.13. The Labute approximate surface area is 180 Å². The number of rotatable bonds is 5. The van der Waals surface area contributed by atoms with E-state index in [0.29, 0.717) is 12.2 Å². The first-order valence-electron chi connectivity index (χ1n) is 9.90. The van der Waals surface area contributed by atoms with Crippen molar-refractivity contribution in [1.29, 1.82) is 0 Å². The predicted octanol–water partition coefficient (Wildman–Crippen LogP) is 5.08. The zero-order chi connectivity index (χ0) is 22.4. The van der Waals surface area contributed by atoms with Crippen molar-refractivity contribution in [3.63, 3.8) is 0 Å². The number of hydrogen-bond donors (Lipinski definition) is 2. The highest BCUT2D eigenvalue weighted by Crippen LogP contribution is 2.27. The first-order chi connectivity index (χ1) is 14.9. The summed E-state index contributed by atoms with van der Waals surface area (Å²) in [5, 5.41) is 3.77. The van der Waals surface area contributed by atoms with Gasteiger partial charge in [-0.2, -0.15) is 0 Å². The highest BCUT2D eigenvalue weighted by molar-refractivity contribution is 6.00. The molecule has 0 fully saturated rings. The first kappa shape index (κ1) is 22.2. The van der Waals surface area contributed by atoms with Crippen LogP contribution in [-0.4, -0.2) is 17.9 Å². The van der Waals surface area contributed by atoms with Gasteiger partial charge >= 0.3 is 0 Å². The zero-order valence-corrected chi connectivity index (χ0v) is 17.5. The molecular weight excluding hydrogens is 396 g/mol. The van der Waals surface area contributed by atoms with Gasteiger partial charge in [-0.15, -0.1) is 0 Å². The maximum atomic E-state index is 12.5. The van der Waals surface area contributed by atoms with Crippen molar-refractivity contribution in [2.24, 2.45) is 0 Å². The second kappa shape index (κ2) is 10.00. The smallest absolute Gasteiger partial charge is 0.159 e. The van der Waals surface area contributed by atoms with Gasteiger partial charge in [0.05, 0.1) is 0 Å². The number of carbonyl (C=O) groups is 1. The van der Waals surface area contributed by atoms with Crippen molar-refractivity contribution < 1.29 is 13.6 Å². The molecule has 3 N–H and O–H groups in total. The summed E-state index contributed by atoms with van der Waals surface area (Å²) in [6.45, 7) is 3.28. The molecule has 4 rings (SSSR count). The summed E-state index contributed by atoms with van der Waals surface area (Å²) in [6.07, 6.45) is 0.915. The van der Waals surface area contributed by atoms with Crippen molar-refractivity contribution in [3.8, 4) is 0 Å². The van der Waals surface area contributed by atoms with Crippen LogP contribution < -0.4 is 11.1 Å². The van der Waals surface area contributed by atoms with Crippen LogP contribution in [0.1, 0.15) is 27.2 Å². The molecule has 0 spiro atoms. The van der Waals surface area contributed by atoms with Gasteiger partial charge in [0.1, 0.15) is 0 Å². The van der Waals surface area contributed by atoms with Crippen LogP contribution in [0.15, 0.2) is 66.7 Å². The number of hydrogen-bond acceptors (Lipinski definition) is 3. The second-order valence-electron chi connectivity index (χ2n) is 7.24. The van der Waals surface area contributed by atoms with Gasteiger partial charge in [-0.25, -0.2) is 8.78 Å². The monoisotopic (exact) mass is 421 g/mol. The van der Waals surface area contributed by atoms with Crippen molar-refractivity contribution in [2.75, 3.05) is 12.8 Å². The Bertz CT molecular complexity index is 1190. The summed E-state index contributed by atoms with van der Waals surface area (Å²) in [6, 6.07) is 19.8. The molecule has 31 heavy (non-hydrogen) atoms. The Morgan fingerprint density at radius 2 is 1.71 bits per heavy atom. The molecule has 1 heterocycles. The van der Waals surface area contributed by atoms with Gasteiger partial charge in [-0.1, -0.05) is 36.4 Å². The van der Waals surface area contributed by atoms with E-state index in [9.17, 15) is 13.6 Å². The van der Waals surface area contributed by atoms with E-state index in [2.05, 4.69) is 22.0 Å². The van der Waals surface area contributed by atoms with Crippen LogP contribution in [0, 0.1) is 18.6 Å². The average Bonchev–Trinajstić information content (AvgIpc) is 3.02. The maximum absolute atomic E-state index is 12.5. The van der Waals surface area contributed by atoms with Crippen LogP contribution in [0.5, 0.6) is 0 Å². The number of carbonyl (C=O) groups excluding carboxylic acids is 1. The topological polar surface area (TPSA) is 60.1 Å². The molecule has 160 valence electrons. The van der Waals surface area contributed by atoms with Crippen LogP contribution in [0.2, 0.25) is 0 Å². The highest BCUT2D eigenvalue weighted by atomic mass is 19.2. The minimum atomic E-state index is -0.801. The van der Waals surface area contributed by atoms with Crippen LogP contribution in [0.3, 0.4) is 0 Å². The van der Waals surface area contributed by atoms with E-state index in [1.165, 1.54) is 11.6 Å². The first-order valence-corrected chi connectivity index (χ1v) is 9.90. The standard InChI is InChI=1S/C17H16N2O.C8H9F2N/c1-12-16(11-20)15-9-14(18)7-8-17(15)19(12)10-13-5-3-2-4-6-13;1-11-5-6-2-3-7(9)8(10)4-6/h2-9,11H,10,18H2,1H3;2-4,11H,5H2,1H3. The van der Waals surface area contributed by atoms with Crippen molar-refractivity contribution >= 4 is 22.9 Å². The molecule has 4 nitrogen and oxygen atoms in total. The fraction of sp³-hybridized carbons (Fsp3) is 0.160. The number of nitrogens with one attached hydrogen (secondary N) is 1. The largest absolute Gasteiger partial charge is 0.399 e. The van der Waals surface area contributed by atoms with Gasteiger partial charge < -0.3 is 15.6 Å². The molecular formula is C25H25F2N3O. The lowest BCUT2D eigenvalue weighted by molar-refractivity contribution is 0.112. The number of benzene rings is 3. The molecule has 0 amide bonds. The normalized spacial score (nSPS) is 10.6. The van der Waals surface area contributed by atoms with Crippen molar-refractivity contribution in [2.45, 2.75) is 20.0 Å². The summed E-state index contributed by atoms with van der Waals surface area (Å²) >= 11 is 0. The van der Waals surface area contributed by atoms with Gasteiger partial charge in [0.25, 0.3) is 0 Å². The molecule has 0 unspecified atom stereocenters. The van der Waals surface area contributed by atoms with Crippen LogP contribution in [0.4, 0.5) is 14.5 Å². The summed E-state index contributed by atoms with van der Waals surface area (Å²) in [5.74, 6) is -1.59. The van der Waals surface area contributed by atoms with E-state index in [-0.39, 0.29) is 0 Å². The Hall–Kier alpha value is -3.51. The Morgan fingerprint density at radius 3 is 2.35 bits per heavy atom. The summed E-state index contributed by atoms with van der Waals surface area (Å²) < 4.78 is 27.0. The van der Waals surface area contributed by atoms with E-state index in [0.717, 1.165) is 46.6 Å². The van der Waals surface area contributed by atoms with Crippen LogP contribution in [-0.2, 0) is 13.1 Å². The van der Waals surface area contributed by atoms with Crippen LogP contribution in [0.25, 0.3) is 10.9 Å². The number of nitrogens with zero attached hydrogens (tertiary/aromatic N) is 1. The molecule has 1 aromatic heterocycles. The van der Waals surface area contributed by atoms with E-state index in [1.807, 2.05) is 43.3 Å². The summed E-state index contributed by atoms with van der Waals surface area (Å²) in [5.41, 5.74) is 11.2. The van der Waals surface area contributed by atoms with Gasteiger partial charge in [0.15, 0.2) is 17.9 Å². The zero-order valence-electron chi connectivity index (χ0n) is 17.5. The fourth-order valence-electron chi connectivity index (χ4n) is 3.50. The van der Waals surface area contributed by atoms with E-state index >= 15 is 0 Å². The maximum Gasteiger partial charge on any atom is 0.159 e. The minimum absolute atomic E-state index is 0.553. The molecule has 4 aromatic rings. The SMILES string of the molecule is CNCc1ccc(F)c(F)c1.Cc1c(C=O)c2cc(N)ccc2n1Cc1ccccc1. The minimum Gasteiger partial charge on any atom is -0.399 e. The molecule has 0 bridgehead atoms. The number of nitrogen functional groups attached to an aromatic ring is 1. The number of fused-ring (bicyclic) bond motifs is 1. The van der Waals surface area contributed by atoms with E-state index < -0.39 is 11.6 Å². The Balaban J connectivity index is 0.000000210. The molecule has 0 saturated heterocycles. The molecule has 0 aliphatic rings. The van der Waals surface area contributed by atoms with Gasteiger partial charge in [-0.3, -0.25) is 4.79 Å². The summed E-state index contributed by atoms with van der Waals surface area (Å²) in [7, 11) is 1.75. The average molecular weight is 421 g/mol. The quantitative estimate of drug-likeness (QED) is 0.349. The Kier molecular flexibility index (Phi) is 7.15. The molecule has 6 heteroatoms. The Morgan fingerprint density at radius 1 is 0.968 bits per heavy atom. The second-order valence-corrected chi connectivity index (χ2v) is 7.24. The lowest BCUT2D eigenvalue weighted by atomic mass is 10.1.